The highest BCUT2D eigenvalue weighted by molar-refractivity contribution is 5.96. The van der Waals surface area contributed by atoms with Crippen LogP contribution in [0.4, 0.5) is 0 Å². The van der Waals surface area contributed by atoms with Crippen LogP contribution in [0.3, 0.4) is 0 Å². The highest BCUT2D eigenvalue weighted by Gasteiger charge is 2.22. The first-order valence-corrected chi connectivity index (χ1v) is 8.31. The molecular formula is C20H21NO3. The van der Waals surface area contributed by atoms with Crippen molar-refractivity contribution in [2.75, 3.05) is 0 Å². The van der Waals surface area contributed by atoms with Gasteiger partial charge in [0.15, 0.2) is 0 Å². The molecule has 4 nitrogen and oxygen atoms in total. The summed E-state index contributed by atoms with van der Waals surface area (Å²) in [6.45, 7) is 0. The fraction of sp³-hybridized carbons (Fsp3) is 0.300. The van der Waals surface area contributed by atoms with E-state index in [2.05, 4.69) is 5.32 Å². The zero-order valence-electron chi connectivity index (χ0n) is 13.4. The molecule has 2 N–H and O–H groups in total. The molecule has 0 radical (unpaired) electrons. The number of amides is 1. The molecule has 0 bridgehead atoms. The highest BCUT2D eigenvalue weighted by Crippen LogP contribution is 2.36. The molecule has 24 heavy (non-hydrogen) atoms. The number of benzene rings is 2. The van der Waals surface area contributed by atoms with Crippen molar-refractivity contribution in [1.82, 2.24) is 5.32 Å². The average molecular weight is 323 g/mol. The van der Waals surface area contributed by atoms with Gasteiger partial charge in [0.1, 0.15) is 6.04 Å². The van der Waals surface area contributed by atoms with E-state index in [0.29, 0.717) is 11.5 Å². The Hall–Kier alpha value is -2.62. The van der Waals surface area contributed by atoms with Crippen molar-refractivity contribution in [3.05, 3.63) is 71.3 Å². The lowest BCUT2D eigenvalue weighted by Gasteiger charge is -2.25. The van der Waals surface area contributed by atoms with Gasteiger partial charge in [-0.25, -0.2) is 4.79 Å². The van der Waals surface area contributed by atoms with Crippen molar-refractivity contribution in [2.45, 2.75) is 37.6 Å². The SMILES string of the molecule is O=C(N[C@H](Cc1ccccc1)C(=O)O)c1ccc(C2CCC2)cc1. The largest absolute Gasteiger partial charge is 0.480 e. The molecule has 1 aliphatic carbocycles. The quantitative estimate of drug-likeness (QED) is 0.856. The Morgan fingerprint density at radius 2 is 1.71 bits per heavy atom. The fourth-order valence-corrected chi connectivity index (χ4v) is 2.94. The summed E-state index contributed by atoms with van der Waals surface area (Å²) in [6, 6.07) is 15.9. The van der Waals surface area contributed by atoms with Crippen LogP contribution in [-0.2, 0) is 11.2 Å². The highest BCUT2D eigenvalue weighted by atomic mass is 16.4. The maximum Gasteiger partial charge on any atom is 0.326 e. The van der Waals surface area contributed by atoms with Gasteiger partial charge in [0.05, 0.1) is 0 Å². The number of carbonyl (C=O) groups is 2. The van der Waals surface area contributed by atoms with Gasteiger partial charge < -0.3 is 10.4 Å². The molecule has 0 saturated heterocycles. The number of rotatable bonds is 6. The van der Waals surface area contributed by atoms with E-state index >= 15 is 0 Å². The second kappa shape index (κ2) is 7.30. The van der Waals surface area contributed by atoms with Gasteiger partial charge >= 0.3 is 5.97 Å². The Kier molecular flexibility index (Phi) is 4.94. The molecule has 1 amide bonds. The van der Waals surface area contributed by atoms with Crippen LogP contribution in [0.2, 0.25) is 0 Å². The minimum absolute atomic E-state index is 0.266. The van der Waals surface area contributed by atoms with Gasteiger partial charge in [-0.3, -0.25) is 4.79 Å². The topological polar surface area (TPSA) is 66.4 Å². The number of carboxylic acids is 1. The van der Waals surface area contributed by atoms with Crippen LogP contribution in [0, 0.1) is 0 Å². The zero-order chi connectivity index (χ0) is 16.9. The maximum atomic E-state index is 12.3. The third kappa shape index (κ3) is 3.82. The van der Waals surface area contributed by atoms with E-state index in [4.69, 9.17) is 0 Å². The van der Waals surface area contributed by atoms with Gasteiger partial charge in [0, 0.05) is 12.0 Å². The van der Waals surface area contributed by atoms with Crippen LogP contribution in [0.1, 0.15) is 46.7 Å². The molecule has 0 spiro atoms. The Morgan fingerprint density at radius 3 is 2.25 bits per heavy atom. The number of carboxylic acid groups (broad SMARTS) is 1. The van der Waals surface area contributed by atoms with Gasteiger partial charge in [-0.2, -0.15) is 0 Å². The number of nitrogens with one attached hydrogen (secondary N) is 1. The second-order valence-electron chi connectivity index (χ2n) is 6.30. The Balaban J connectivity index is 1.65. The molecule has 1 saturated carbocycles. The minimum Gasteiger partial charge on any atom is -0.480 e. The maximum absolute atomic E-state index is 12.3. The van der Waals surface area contributed by atoms with Crippen molar-refractivity contribution in [2.24, 2.45) is 0 Å². The van der Waals surface area contributed by atoms with Crippen molar-refractivity contribution in [3.8, 4) is 0 Å². The van der Waals surface area contributed by atoms with Crippen LogP contribution < -0.4 is 5.32 Å². The van der Waals surface area contributed by atoms with Crippen molar-refractivity contribution >= 4 is 11.9 Å². The summed E-state index contributed by atoms with van der Waals surface area (Å²) < 4.78 is 0. The predicted octanol–water partition coefficient (Wildman–Crippen LogP) is 3.38. The second-order valence-corrected chi connectivity index (χ2v) is 6.30. The van der Waals surface area contributed by atoms with Gasteiger partial charge in [-0.15, -0.1) is 0 Å². The molecule has 3 rings (SSSR count). The summed E-state index contributed by atoms with van der Waals surface area (Å²) in [5, 5.41) is 12.0. The number of carbonyl (C=O) groups excluding carboxylic acids is 1. The Bertz CT molecular complexity index is 705. The normalized spacial score (nSPS) is 15.3. The molecule has 0 aliphatic heterocycles. The van der Waals surface area contributed by atoms with Gasteiger partial charge in [-0.05, 0) is 42.0 Å². The summed E-state index contributed by atoms with van der Waals surface area (Å²) in [7, 11) is 0. The first-order valence-electron chi connectivity index (χ1n) is 8.31. The van der Waals surface area contributed by atoms with Gasteiger partial charge in [-0.1, -0.05) is 48.9 Å². The van der Waals surface area contributed by atoms with Crippen LogP contribution >= 0.6 is 0 Å². The van der Waals surface area contributed by atoms with Crippen molar-refractivity contribution in [3.63, 3.8) is 0 Å². The van der Waals surface area contributed by atoms with Crippen LogP contribution in [0.25, 0.3) is 0 Å². The summed E-state index contributed by atoms with van der Waals surface area (Å²) >= 11 is 0. The third-order valence-corrected chi connectivity index (χ3v) is 4.64. The lowest BCUT2D eigenvalue weighted by atomic mass is 9.80. The smallest absolute Gasteiger partial charge is 0.326 e. The number of aliphatic carboxylic acids is 1. The molecule has 4 heteroatoms. The number of hydrogen-bond donors (Lipinski definition) is 2. The van der Waals surface area contributed by atoms with Gasteiger partial charge in [0.25, 0.3) is 5.91 Å². The summed E-state index contributed by atoms with van der Waals surface area (Å²) in [6.07, 6.45) is 3.96. The summed E-state index contributed by atoms with van der Waals surface area (Å²) in [5.41, 5.74) is 2.64. The van der Waals surface area contributed by atoms with E-state index < -0.39 is 12.0 Å². The lowest BCUT2D eigenvalue weighted by molar-refractivity contribution is -0.139. The molecule has 0 unspecified atom stereocenters. The predicted molar refractivity (Wildman–Crippen MR) is 92.1 cm³/mol. The molecule has 0 aromatic heterocycles. The molecule has 2 aromatic carbocycles. The first-order chi connectivity index (χ1) is 11.6. The summed E-state index contributed by atoms with van der Waals surface area (Å²) in [4.78, 5) is 23.8. The van der Waals surface area contributed by atoms with Crippen LogP contribution in [0.15, 0.2) is 54.6 Å². The lowest BCUT2D eigenvalue weighted by Crippen LogP contribution is -2.42. The fourth-order valence-electron chi connectivity index (χ4n) is 2.94. The van der Waals surface area contributed by atoms with E-state index in [9.17, 15) is 14.7 Å². The molecule has 124 valence electrons. The molecule has 1 aliphatic rings. The van der Waals surface area contributed by atoms with Crippen LogP contribution in [0.5, 0.6) is 0 Å². The average Bonchev–Trinajstić information content (AvgIpc) is 2.54. The van der Waals surface area contributed by atoms with E-state index in [0.717, 1.165) is 5.56 Å². The monoisotopic (exact) mass is 323 g/mol. The van der Waals surface area contributed by atoms with Gasteiger partial charge in [0.2, 0.25) is 0 Å². The minimum atomic E-state index is -1.03. The van der Waals surface area contributed by atoms with Crippen molar-refractivity contribution in [1.29, 1.82) is 0 Å². The molecule has 1 fully saturated rings. The molecule has 0 heterocycles. The van der Waals surface area contributed by atoms with E-state index in [-0.39, 0.29) is 12.3 Å². The standard InChI is InChI=1S/C20H21NO3/c22-19(17-11-9-16(10-12-17)15-7-4-8-15)21-18(20(23)24)13-14-5-2-1-3-6-14/h1-3,5-6,9-12,15,18H,4,7-8,13H2,(H,21,22)(H,23,24)/t18-/m1/s1. The van der Waals surface area contributed by atoms with E-state index in [1.807, 2.05) is 42.5 Å². The zero-order valence-corrected chi connectivity index (χ0v) is 13.4. The summed E-state index contributed by atoms with van der Waals surface area (Å²) in [5.74, 6) is -0.760. The molecule has 1 atom stereocenters. The molecule has 2 aromatic rings. The van der Waals surface area contributed by atoms with Crippen LogP contribution in [-0.4, -0.2) is 23.0 Å². The van der Waals surface area contributed by atoms with Crippen molar-refractivity contribution < 1.29 is 14.7 Å². The first kappa shape index (κ1) is 16.2. The number of hydrogen-bond acceptors (Lipinski definition) is 2. The van der Waals surface area contributed by atoms with E-state index in [1.165, 1.54) is 24.8 Å². The van der Waals surface area contributed by atoms with E-state index in [1.54, 1.807) is 12.1 Å². The Morgan fingerprint density at radius 1 is 1.04 bits per heavy atom. The third-order valence-electron chi connectivity index (χ3n) is 4.64. The Labute approximate surface area is 141 Å². The molecular weight excluding hydrogens is 302 g/mol.